The van der Waals surface area contributed by atoms with Crippen LogP contribution < -0.4 is 14.4 Å². The Morgan fingerprint density at radius 2 is 2.04 bits per heavy atom. The highest BCUT2D eigenvalue weighted by Crippen LogP contribution is 2.33. The third-order valence-electron chi connectivity index (χ3n) is 4.36. The molecule has 7 heteroatoms. The van der Waals surface area contributed by atoms with Gasteiger partial charge in [-0.15, -0.1) is 0 Å². The summed E-state index contributed by atoms with van der Waals surface area (Å²) in [5.41, 5.74) is 1.90. The van der Waals surface area contributed by atoms with Crippen LogP contribution in [0.3, 0.4) is 0 Å². The summed E-state index contributed by atoms with van der Waals surface area (Å²) in [5.74, 6) is -0.310. The molecule has 1 N–H and O–H groups in total. The van der Waals surface area contributed by atoms with Crippen molar-refractivity contribution in [3.05, 3.63) is 53.6 Å². The lowest BCUT2D eigenvalue weighted by Gasteiger charge is -2.29. The van der Waals surface area contributed by atoms with Crippen LogP contribution >= 0.6 is 0 Å². The van der Waals surface area contributed by atoms with Gasteiger partial charge in [0.25, 0.3) is 5.91 Å². The molecule has 0 aliphatic carbocycles. The Kier molecular flexibility index (Phi) is 5.93. The van der Waals surface area contributed by atoms with Gasteiger partial charge in [-0.2, -0.15) is 0 Å². The molecule has 0 unspecified atom stereocenters. The second-order valence-electron chi connectivity index (χ2n) is 6.54. The van der Waals surface area contributed by atoms with Crippen LogP contribution in [0.1, 0.15) is 28.8 Å². The molecule has 0 atom stereocenters. The molecule has 0 saturated heterocycles. The Bertz CT molecular complexity index is 908. The van der Waals surface area contributed by atoms with Crippen molar-refractivity contribution in [2.75, 3.05) is 24.7 Å². The second kappa shape index (κ2) is 8.56. The SMILES string of the molecule is Cc1cccc(OCC(=O)c2ccc3c(c2)N(CCCC(=O)O)C(=O)CO3)c1. The van der Waals surface area contributed by atoms with E-state index in [1.54, 1.807) is 24.3 Å². The van der Waals surface area contributed by atoms with Crippen molar-refractivity contribution in [1.29, 1.82) is 0 Å². The number of benzene rings is 2. The molecule has 0 bridgehead atoms. The first kappa shape index (κ1) is 19.4. The molecule has 0 radical (unpaired) electrons. The van der Waals surface area contributed by atoms with Gasteiger partial charge in [-0.1, -0.05) is 12.1 Å². The Morgan fingerprint density at radius 1 is 1.21 bits per heavy atom. The predicted molar refractivity (Wildman–Crippen MR) is 102 cm³/mol. The maximum atomic E-state index is 12.5. The zero-order valence-electron chi connectivity index (χ0n) is 15.5. The van der Waals surface area contributed by atoms with Crippen molar-refractivity contribution < 1.29 is 29.0 Å². The number of hydrogen-bond donors (Lipinski definition) is 1. The van der Waals surface area contributed by atoms with Gasteiger partial charge in [-0.3, -0.25) is 14.4 Å². The molecule has 1 aliphatic heterocycles. The minimum absolute atomic E-state index is 0.0388. The molecule has 7 nitrogen and oxygen atoms in total. The number of rotatable bonds is 8. The number of Topliss-reactive ketones (excluding diaryl/α,β-unsaturated/α-hetero) is 1. The first-order valence-electron chi connectivity index (χ1n) is 8.96. The number of carbonyl (C=O) groups excluding carboxylic acids is 2. The average Bonchev–Trinajstić information content (AvgIpc) is 2.67. The van der Waals surface area contributed by atoms with Crippen molar-refractivity contribution >= 4 is 23.3 Å². The van der Waals surface area contributed by atoms with Crippen molar-refractivity contribution in [2.45, 2.75) is 19.8 Å². The summed E-state index contributed by atoms with van der Waals surface area (Å²) < 4.78 is 11.0. The van der Waals surface area contributed by atoms with E-state index in [1.807, 2.05) is 25.1 Å². The summed E-state index contributed by atoms with van der Waals surface area (Å²) >= 11 is 0. The lowest BCUT2D eigenvalue weighted by atomic mass is 10.1. The van der Waals surface area contributed by atoms with E-state index in [-0.39, 0.29) is 37.9 Å². The lowest BCUT2D eigenvalue weighted by molar-refractivity contribution is -0.137. The van der Waals surface area contributed by atoms with Crippen LogP contribution in [-0.4, -0.2) is 42.5 Å². The monoisotopic (exact) mass is 383 g/mol. The van der Waals surface area contributed by atoms with Gasteiger partial charge in [0.1, 0.15) is 11.5 Å². The number of carboxylic acid groups (broad SMARTS) is 1. The number of aryl methyl sites for hydroxylation is 1. The molecule has 1 aliphatic rings. The number of anilines is 1. The van der Waals surface area contributed by atoms with Crippen molar-refractivity contribution in [1.82, 2.24) is 0 Å². The zero-order valence-corrected chi connectivity index (χ0v) is 15.5. The topological polar surface area (TPSA) is 93.1 Å². The molecule has 0 saturated carbocycles. The van der Waals surface area contributed by atoms with Gasteiger partial charge >= 0.3 is 5.97 Å². The highest BCUT2D eigenvalue weighted by molar-refractivity contribution is 6.02. The molecular formula is C21H21NO6. The highest BCUT2D eigenvalue weighted by atomic mass is 16.5. The molecule has 2 aromatic rings. The van der Waals surface area contributed by atoms with E-state index in [0.29, 0.717) is 29.2 Å². The number of fused-ring (bicyclic) bond motifs is 1. The largest absolute Gasteiger partial charge is 0.485 e. The van der Waals surface area contributed by atoms with E-state index in [2.05, 4.69) is 0 Å². The number of hydrogen-bond acceptors (Lipinski definition) is 5. The summed E-state index contributed by atoms with van der Waals surface area (Å²) in [6.45, 7) is 1.95. The molecule has 0 aromatic heterocycles. The molecule has 1 heterocycles. The first-order chi connectivity index (χ1) is 13.4. The van der Waals surface area contributed by atoms with E-state index in [1.165, 1.54) is 4.90 Å². The molecule has 2 aromatic carbocycles. The maximum absolute atomic E-state index is 12.5. The zero-order chi connectivity index (χ0) is 20.1. The van der Waals surface area contributed by atoms with Crippen LogP contribution in [-0.2, 0) is 9.59 Å². The third kappa shape index (κ3) is 4.68. The Hall–Kier alpha value is -3.35. The van der Waals surface area contributed by atoms with Gasteiger partial charge in [-0.05, 0) is 49.2 Å². The standard InChI is InChI=1S/C21H21NO6/c1-14-4-2-5-16(10-14)27-12-18(23)15-7-8-19-17(11-15)22(20(24)13-28-19)9-3-6-21(25)26/h2,4-5,7-8,10-11H,3,6,9,12-13H2,1H3,(H,25,26). The molecule has 146 valence electrons. The Balaban J connectivity index is 1.73. The molecular weight excluding hydrogens is 362 g/mol. The number of carboxylic acids is 1. The van der Waals surface area contributed by atoms with E-state index in [9.17, 15) is 14.4 Å². The molecule has 0 fully saturated rings. The van der Waals surface area contributed by atoms with Crippen LogP contribution in [0.5, 0.6) is 11.5 Å². The minimum atomic E-state index is -0.918. The summed E-state index contributed by atoms with van der Waals surface area (Å²) in [6.07, 6.45) is 0.276. The fourth-order valence-corrected chi connectivity index (χ4v) is 2.95. The maximum Gasteiger partial charge on any atom is 0.303 e. The molecule has 1 amide bonds. The highest BCUT2D eigenvalue weighted by Gasteiger charge is 2.26. The minimum Gasteiger partial charge on any atom is -0.485 e. The van der Waals surface area contributed by atoms with E-state index < -0.39 is 5.97 Å². The molecule has 28 heavy (non-hydrogen) atoms. The van der Waals surface area contributed by atoms with Gasteiger partial charge in [-0.25, -0.2) is 0 Å². The summed E-state index contributed by atoms with van der Waals surface area (Å²) in [7, 11) is 0. The third-order valence-corrected chi connectivity index (χ3v) is 4.36. The Labute approximate surface area is 162 Å². The van der Waals surface area contributed by atoms with Crippen LogP contribution in [0, 0.1) is 6.92 Å². The van der Waals surface area contributed by atoms with E-state index >= 15 is 0 Å². The molecule has 0 spiro atoms. The van der Waals surface area contributed by atoms with E-state index in [4.69, 9.17) is 14.6 Å². The van der Waals surface area contributed by atoms with Crippen LogP contribution in [0.4, 0.5) is 5.69 Å². The van der Waals surface area contributed by atoms with Gasteiger partial charge < -0.3 is 19.5 Å². The van der Waals surface area contributed by atoms with Crippen LogP contribution in [0.15, 0.2) is 42.5 Å². The van der Waals surface area contributed by atoms with Crippen molar-refractivity contribution in [2.24, 2.45) is 0 Å². The average molecular weight is 383 g/mol. The number of nitrogens with zero attached hydrogens (tertiary/aromatic N) is 1. The van der Waals surface area contributed by atoms with Gasteiger partial charge in [0.15, 0.2) is 19.0 Å². The summed E-state index contributed by atoms with van der Waals surface area (Å²) in [5, 5.41) is 8.80. The smallest absolute Gasteiger partial charge is 0.303 e. The molecule has 3 rings (SSSR count). The quantitative estimate of drug-likeness (QED) is 0.705. The number of aliphatic carboxylic acids is 1. The lowest BCUT2D eigenvalue weighted by Crippen LogP contribution is -2.39. The predicted octanol–water partition coefficient (Wildman–Crippen LogP) is 2.85. The number of carbonyl (C=O) groups is 3. The second-order valence-corrected chi connectivity index (χ2v) is 6.54. The van der Waals surface area contributed by atoms with Gasteiger partial charge in [0.05, 0.1) is 5.69 Å². The fraction of sp³-hybridized carbons (Fsp3) is 0.286. The fourth-order valence-electron chi connectivity index (χ4n) is 2.95. The first-order valence-corrected chi connectivity index (χ1v) is 8.96. The normalized spacial score (nSPS) is 12.9. The van der Waals surface area contributed by atoms with Gasteiger partial charge in [0.2, 0.25) is 0 Å². The van der Waals surface area contributed by atoms with Crippen LogP contribution in [0.2, 0.25) is 0 Å². The van der Waals surface area contributed by atoms with Crippen molar-refractivity contribution in [3.63, 3.8) is 0 Å². The van der Waals surface area contributed by atoms with E-state index in [0.717, 1.165) is 5.56 Å². The van der Waals surface area contributed by atoms with Crippen molar-refractivity contribution in [3.8, 4) is 11.5 Å². The summed E-state index contributed by atoms with van der Waals surface area (Å²) in [4.78, 5) is 36.9. The number of amides is 1. The number of ketones is 1. The summed E-state index contributed by atoms with van der Waals surface area (Å²) in [6, 6.07) is 12.3. The van der Waals surface area contributed by atoms with Gasteiger partial charge in [0, 0.05) is 18.5 Å². The number of ether oxygens (including phenoxy) is 2. The van der Waals surface area contributed by atoms with Crippen LogP contribution in [0.25, 0.3) is 0 Å². The Morgan fingerprint density at radius 3 is 2.79 bits per heavy atom.